The van der Waals surface area contributed by atoms with E-state index in [1.54, 1.807) is 26.8 Å². The van der Waals surface area contributed by atoms with Gasteiger partial charge >= 0.3 is 12.1 Å². The van der Waals surface area contributed by atoms with E-state index < -0.39 is 22.2 Å². The first-order valence-electron chi connectivity index (χ1n) is 18.4. The Balaban J connectivity index is 1.29. The Kier molecular flexibility index (Phi) is 12.2. The number of aryl methyl sites for hydroxylation is 1. The highest BCUT2D eigenvalue weighted by Gasteiger charge is 2.27. The van der Waals surface area contributed by atoms with Gasteiger partial charge in [-0.3, -0.25) is 15.0 Å². The second kappa shape index (κ2) is 16.6. The van der Waals surface area contributed by atoms with E-state index in [0.29, 0.717) is 24.4 Å². The molecule has 1 heterocycles. The van der Waals surface area contributed by atoms with Crippen LogP contribution in [0, 0.1) is 10.1 Å². The number of anilines is 2. The van der Waals surface area contributed by atoms with Gasteiger partial charge in [0.15, 0.2) is 0 Å². The van der Waals surface area contributed by atoms with Gasteiger partial charge in [0.05, 0.1) is 28.1 Å². The summed E-state index contributed by atoms with van der Waals surface area (Å²) in [5.41, 5.74) is 4.80. The molecule has 55 heavy (non-hydrogen) atoms. The predicted molar refractivity (Wildman–Crippen MR) is 216 cm³/mol. The lowest BCUT2D eigenvalue weighted by molar-refractivity contribution is -0.384. The first-order chi connectivity index (χ1) is 25.9. The van der Waals surface area contributed by atoms with Crippen molar-refractivity contribution in [3.8, 4) is 16.9 Å². The summed E-state index contributed by atoms with van der Waals surface area (Å²) < 4.78 is 19.3. The lowest BCUT2D eigenvalue weighted by Crippen LogP contribution is -2.34. The molecule has 0 saturated carbocycles. The molecule has 12 heteroatoms. The molecule has 290 valence electrons. The fourth-order valence-electron chi connectivity index (χ4n) is 6.09. The van der Waals surface area contributed by atoms with Gasteiger partial charge in [0, 0.05) is 44.9 Å². The Morgan fingerprint density at radius 2 is 1.56 bits per heavy atom. The molecule has 5 aromatic rings. The Morgan fingerprint density at radius 3 is 2.22 bits per heavy atom. The van der Waals surface area contributed by atoms with Crippen LogP contribution in [-0.2, 0) is 22.4 Å². The summed E-state index contributed by atoms with van der Waals surface area (Å²) in [5.74, 6) is 1.05. The number of ether oxygens (including phenoxy) is 3. The molecule has 0 fully saturated rings. The number of benzene rings is 4. The second-order valence-electron chi connectivity index (χ2n) is 15.5. The summed E-state index contributed by atoms with van der Waals surface area (Å²) >= 11 is 0. The van der Waals surface area contributed by atoms with Crippen molar-refractivity contribution in [2.45, 2.75) is 79.1 Å². The number of imidazole rings is 1. The Labute approximate surface area is 322 Å². The molecule has 0 unspecified atom stereocenters. The highest BCUT2D eigenvalue weighted by Crippen LogP contribution is 2.33. The van der Waals surface area contributed by atoms with Crippen molar-refractivity contribution in [3.05, 3.63) is 112 Å². The second-order valence-corrected chi connectivity index (χ2v) is 15.5. The Morgan fingerprint density at radius 1 is 0.873 bits per heavy atom. The lowest BCUT2D eigenvalue weighted by Gasteiger charge is -2.25. The van der Waals surface area contributed by atoms with Gasteiger partial charge < -0.3 is 23.7 Å². The highest BCUT2D eigenvalue weighted by molar-refractivity contribution is 5.97. The number of carbonyl (C=O) groups excluding carboxylic acids is 2. The SMILES string of the molecule is CCCc1nc2cc(N(C)CCOc3ccc([N+](=O)[O-])c(N(C)C(=O)OC(C)(C)C)c3)ccc2n1Cc1ccc(-c2ccccc2C(=O)OC(C)(C)C)cc1. The predicted octanol–water partition coefficient (Wildman–Crippen LogP) is 9.45. The Bertz CT molecular complexity index is 2160. The molecular formula is C43H51N5O7. The first-order valence-corrected chi connectivity index (χ1v) is 18.4. The molecule has 0 bridgehead atoms. The quantitative estimate of drug-likeness (QED) is 0.0657. The third kappa shape index (κ3) is 10.2. The number of likely N-dealkylation sites (N-methyl/N-ethyl adjacent to an activating group) is 1. The molecule has 0 radical (unpaired) electrons. The van der Waals surface area contributed by atoms with Crippen molar-refractivity contribution in [1.82, 2.24) is 9.55 Å². The number of nitro benzene ring substituents is 1. The fourth-order valence-corrected chi connectivity index (χ4v) is 6.09. The molecule has 0 atom stereocenters. The molecule has 5 rings (SSSR count). The molecular weight excluding hydrogens is 699 g/mol. The number of rotatable bonds is 13. The van der Waals surface area contributed by atoms with Crippen LogP contribution in [0.2, 0.25) is 0 Å². The summed E-state index contributed by atoms with van der Waals surface area (Å²) in [6.07, 6.45) is 1.07. The molecule has 12 nitrogen and oxygen atoms in total. The van der Waals surface area contributed by atoms with Crippen LogP contribution in [0.5, 0.6) is 5.75 Å². The van der Waals surface area contributed by atoms with E-state index >= 15 is 0 Å². The van der Waals surface area contributed by atoms with Crippen molar-refractivity contribution < 1.29 is 28.7 Å². The van der Waals surface area contributed by atoms with Crippen LogP contribution in [0.25, 0.3) is 22.2 Å². The van der Waals surface area contributed by atoms with E-state index in [1.165, 1.54) is 25.2 Å². The van der Waals surface area contributed by atoms with Gasteiger partial charge in [0.25, 0.3) is 5.69 Å². The normalized spacial score (nSPS) is 11.7. The number of esters is 1. The van der Waals surface area contributed by atoms with Crippen LogP contribution in [-0.4, -0.2) is 65.0 Å². The maximum absolute atomic E-state index is 13.0. The molecule has 1 amide bonds. The molecule has 0 spiro atoms. The third-order valence-electron chi connectivity index (χ3n) is 8.74. The van der Waals surface area contributed by atoms with Crippen LogP contribution in [0.15, 0.2) is 84.9 Å². The molecule has 0 aliphatic rings. The zero-order valence-corrected chi connectivity index (χ0v) is 33.2. The third-order valence-corrected chi connectivity index (χ3v) is 8.74. The fraction of sp³-hybridized carbons (Fsp3) is 0.372. The smallest absolute Gasteiger partial charge is 0.414 e. The van der Waals surface area contributed by atoms with Gasteiger partial charge in [-0.1, -0.05) is 49.4 Å². The molecule has 0 aliphatic heterocycles. The zero-order chi connectivity index (χ0) is 40.1. The van der Waals surface area contributed by atoms with Gasteiger partial charge in [-0.15, -0.1) is 0 Å². The van der Waals surface area contributed by atoms with E-state index in [9.17, 15) is 19.7 Å². The summed E-state index contributed by atoms with van der Waals surface area (Å²) in [6.45, 7) is 14.4. The first kappa shape index (κ1) is 40.3. The van der Waals surface area contributed by atoms with Crippen LogP contribution in [0.4, 0.5) is 21.9 Å². The maximum atomic E-state index is 13.0. The minimum Gasteiger partial charge on any atom is -0.492 e. The van der Waals surface area contributed by atoms with Crippen LogP contribution < -0.4 is 14.5 Å². The number of aromatic nitrogens is 2. The number of amides is 1. The molecule has 1 aromatic heterocycles. The molecule has 0 aliphatic carbocycles. The van der Waals surface area contributed by atoms with Crippen LogP contribution in [0.1, 0.15) is 76.6 Å². The van der Waals surface area contributed by atoms with E-state index in [-0.39, 0.29) is 24.0 Å². The minimum atomic E-state index is -0.759. The Hall–Kier alpha value is -5.91. The van der Waals surface area contributed by atoms with Gasteiger partial charge in [0.2, 0.25) is 0 Å². The van der Waals surface area contributed by atoms with Crippen LogP contribution in [0.3, 0.4) is 0 Å². The van der Waals surface area contributed by atoms with Gasteiger partial charge in [-0.2, -0.15) is 0 Å². The number of fused-ring (bicyclic) bond motifs is 1. The van der Waals surface area contributed by atoms with Crippen molar-refractivity contribution in [1.29, 1.82) is 0 Å². The largest absolute Gasteiger partial charge is 0.492 e. The van der Waals surface area contributed by atoms with Gasteiger partial charge in [-0.25, -0.2) is 14.6 Å². The number of carbonyl (C=O) groups is 2. The number of nitro groups is 1. The summed E-state index contributed by atoms with van der Waals surface area (Å²) in [5, 5.41) is 11.7. The average Bonchev–Trinajstić information content (AvgIpc) is 3.45. The van der Waals surface area contributed by atoms with Crippen molar-refractivity contribution in [2.24, 2.45) is 0 Å². The van der Waals surface area contributed by atoms with Gasteiger partial charge in [-0.05, 0) is 95.0 Å². The summed E-state index contributed by atoms with van der Waals surface area (Å²) in [4.78, 5) is 45.1. The number of hydrogen-bond donors (Lipinski definition) is 0. The van der Waals surface area contributed by atoms with Gasteiger partial charge in [0.1, 0.15) is 35.1 Å². The van der Waals surface area contributed by atoms with E-state index in [2.05, 4.69) is 46.7 Å². The number of nitrogens with zero attached hydrogens (tertiary/aromatic N) is 5. The monoisotopic (exact) mass is 749 g/mol. The van der Waals surface area contributed by atoms with E-state index in [0.717, 1.165) is 57.0 Å². The zero-order valence-electron chi connectivity index (χ0n) is 33.2. The highest BCUT2D eigenvalue weighted by atomic mass is 16.6. The summed E-state index contributed by atoms with van der Waals surface area (Å²) in [6, 6.07) is 26.3. The molecule has 4 aromatic carbocycles. The topological polar surface area (TPSA) is 129 Å². The van der Waals surface area contributed by atoms with Crippen LogP contribution >= 0.6 is 0 Å². The molecule has 0 saturated heterocycles. The lowest BCUT2D eigenvalue weighted by atomic mass is 9.98. The molecule has 0 N–H and O–H groups in total. The van der Waals surface area contributed by atoms with Crippen molar-refractivity contribution in [2.75, 3.05) is 37.0 Å². The van der Waals surface area contributed by atoms with E-state index in [4.69, 9.17) is 19.2 Å². The summed E-state index contributed by atoms with van der Waals surface area (Å²) in [7, 11) is 3.40. The maximum Gasteiger partial charge on any atom is 0.414 e. The minimum absolute atomic E-state index is 0.0773. The standard InChI is InChI=1S/C43H51N5O7/c1-10-13-39-44-35-26-31(45(8)24-25-53-32-21-23-37(48(51)52)38(27-32)46(9)41(50)55-43(5,6)7)20-22-36(35)47(39)28-29-16-18-30(19-17-29)33-14-11-12-15-34(33)40(49)54-42(2,3)4/h11-12,14-23,26-27H,10,13,24-25,28H2,1-9H3. The number of hydrogen-bond acceptors (Lipinski definition) is 9. The van der Waals surface area contributed by atoms with E-state index in [1.807, 2.05) is 58.2 Å². The average molecular weight is 750 g/mol. The van der Waals surface area contributed by atoms with Crippen molar-refractivity contribution in [3.63, 3.8) is 0 Å². The van der Waals surface area contributed by atoms with Crippen molar-refractivity contribution >= 4 is 40.2 Å².